The fraction of sp³-hybridized carbons (Fsp3) is 0.857. The van der Waals surface area contributed by atoms with Gasteiger partial charge in [-0.15, -0.1) is 0 Å². The van der Waals surface area contributed by atoms with Crippen molar-refractivity contribution in [3.05, 3.63) is 0 Å². The van der Waals surface area contributed by atoms with Crippen LogP contribution >= 0.6 is 0 Å². The summed E-state index contributed by atoms with van der Waals surface area (Å²) < 4.78 is 0. The number of aliphatic imine (C=N–C) groups is 1. The van der Waals surface area contributed by atoms with Crippen LogP contribution in [0, 0.1) is 11.8 Å². The topological polar surface area (TPSA) is 53.5 Å². The van der Waals surface area contributed by atoms with Gasteiger partial charge >= 0.3 is 0 Å². The molecule has 1 spiro atoms. The maximum atomic E-state index is 12.2. The van der Waals surface area contributed by atoms with Gasteiger partial charge in [0.15, 0.2) is 5.96 Å². The highest BCUT2D eigenvalue weighted by Crippen LogP contribution is 2.37. The number of amides is 1. The van der Waals surface area contributed by atoms with Gasteiger partial charge in [0.2, 0.25) is 0 Å². The minimum atomic E-state index is -0.376. The number of guanidine groups is 1. The first-order valence-corrected chi connectivity index (χ1v) is 7.10. The molecule has 0 aromatic carbocycles. The number of nitrogens with one attached hydrogen (secondary N) is 2. The van der Waals surface area contributed by atoms with Crippen LogP contribution in [0.15, 0.2) is 4.99 Å². The minimum absolute atomic E-state index is 0.115. The van der Waals surface area contributed by atoms with Crippen LogP contribution in [0.3, 0.4) is 0 Å². The Labute approximate surface area is 110 Å². The Kier molecular flexibility index (Phi) is 3.64. The van der Waals surface area contributed by atoms with E-state index in [-0.39, 0.29) is 17.5 Å². The smallest absolute Gasteiger partial charge is 0.252 e. The van der Waals surface area contributed by atoms with E-state index in [9.17, 15) is 4.79 Å². The molecule has 2 rings (SSSR count). The molecule has 1 saturated heterocycles. The highest BCUT2D eigenvalue weighted by atomic mass is 16.2. The zero-order valence-electron chi connectivity index (χ0n) is 11.9. The lowest BCUT2D eigenvalue weighted by atomic mass is 9.73. The first kappa shape index (κ1) is 13.4. The van der Waals surface area contributed by atoms with E-state index < -0.39 is 0 Å². The van der Waals surface area contributed by atoms with E-state index in [0.717, 1.165) is 37.5 Å². The molecule has 1 aliphatic heterocycles. The summed E-state index contributed by atoms with van der Waals surface area (Å²) in [5.41, 5.74) is -0.376. The molecule has 0 unspecified atom stereocenters. The monoisotopic (exact) mass is 251 g/mol. The van der Waals surface area contributed by atoms with Gasteiger partial charge in [-0.3, -0.25) is 15.1 Å². The summed E-state index contributed by atoms with van der Waals surface area (Å²) in [5.74, 6) is 2.26. The molecule has 2 N–H and O–H groups in total. The van der Waals surface area contributed by atoms with Crippen molar-refractivity contribution in [1.29, 1.82) is 0 Å². The highest BCUT2D eigenvalue weighted by molar-refractivity contribution is 6.09. The van der Waals surface area contributed by atoms with E-state index in [1.807, 2.05) is 13.8 Å². The fourth-order valence-electron chi connectivity index (χ4n) is 3.02. The van der Waals surface area contributed by atoms with E-state index in [1.165, 1.54) is 0 Å². The molecule has 102 valence electrons. The Hall–Kier alpha value is -1.06. The standard InChI is InChI=1S/C14H25N3O/c1-9(2)11-5-7-14(8-6-11)12(18)16-13(17-14)15-10(3)4/h9-11H,5-8H2,1-4H3,(H2,15,16,17,18). The normalized spacial score (nSPS) is 34.4. The van der Waals surface area contributed by atoms with Crippen molar-refractivity contribution >= 4 is 11.9 Å². The molecular weight excluding hydrogens is 226 g/mol. The van der Waals surface area contributed by atoms with Crippen molar-refractivity contribution in [2.45, 2.75) is 65.0 Å². The van der Waals surface area contributed by atoms with Gasteiger partial charge in [-0.2, -0.15) is 0 Å². The zero-order chi connectivity index (χ0) is 13.3. The molecule has 2 fully saturated rings. The van der Waals surface area contributed by atoms with Gasteiger partial charge in [0, 0.05) is 6.04 Å². The molecule has 0 aromatic heterocycles. The maximum Gasteiger partial charge on any atom is 0.252 e. The molecule has 0 atom stereocenters. The first-order chi connectivity index (χ1) is 8.43. The quantitative estimate of drug-likeness (QED) is 0.789. The van der Waals surface area contributed by atoms with Crippen LogP contribution in [-0.4, -0.2) is 23.4 Å². The van der Waals surface area contributed by atoms with Crippen LogP contribution < -0.4 is 10.6 Å². The SMILES string of the molecule is CC(C)N=C1NC(=O)C2(CCC(C(C)C)CC2)N1. The van der Waals surface area contributed by atoms with Gasteiger partial charge in [-0.1, -0.05) is 13.8 Å². The van der Waals surface area contributed by atoms with Crippen molar-refractivity contribution in [2.24, 2.45) is 16.8 Å². The molecule has 1 amide bonds. The van der Waals surface area contributed by atoms with Crippen LogP contribution in [0.4, 0.5) is 0 Å². The lowest BCUT2D eigenvalue weighted by molar-refractivity contribution is -0.125. The Morgan fingerprint density at radius 3 is 2.33 bits per heavy atom. The highest BCUT2D eigenvalue weighted by Gasteiger charge is 2.47. The predicted molar refractivity (Wildman–Crippen MR) is 73.4 cm³/mol. The molecule has 1 saturated carbocycles. The average molecular weight is 251 g/mol. The molecule has 0 bridgehead atoms. The Bertz CT molecular complexity index is 352. The van der Waals surface area contributed by atoms with Crippen LogP contribution in [0.25, 0.3) is 0 Å². The van der Waals surface area contributed by atoms with Crippen molar-refractivity contribution in [1.82, 2.24) is 10.6 Å². The largest absolute Gasteiger partial charge is 0.342 e. The van der Waals surface area contributed by atoms with E-state index in [1.54, 1.807) is 0 Å². The first-order valence-electron chi connectivity index (χ1n) is 7.10. The molecule has 0 aromatic rings. The van der Waals surface area contributed by atoms with Crippen LogP contribution in [0.1, 0.15) is 53.4 Å². The lowest BCUT2D eigenvalue weighted by Crippen LogP contribution is -2.49. The maximum absolute atomic E-state index is 12.2. The van der Waals surface area contributed by atoms with Crippen LogP contribution in [0.5, 0.6) is 0 Å². The molecule has 18 heavy (non-hydrogen) atoms. The number of carbonyl (C=O) groups excluding carboxylic acids is 1. The molecule has 1 aliphatic carbocycles. The van der Waals surface area contributed by atoms with Crippen molar-refractivity contribution < 1.29 is 4.79 Å². The number of nitrogens with zero attached hydrogens (tertiary/aromatic N) is 1. The van der Waals surface area contributed by atoms with Gasteiger partial charge in [-0.25, -0.2) is 0 Å². The minimum Gasteiger partial charge on any atom is -0.342 e. The van der Waals surface area contributed by atoms with E-state index in [2.05, 4.69) is 29.5 Å². The summed E-state index contributed by atoms with van der Waals surface area (Å²) in [6.45, 7) is 8.58. The second-order valence-corrected chi connectivity index (χ2v) is 6.31. The lowest BCUT2D eigenvalue weighted by Gasteiger charge is -2.36. The second kappa shape index (κ2) is 4.90. The van der Waals surface area contributed by atoms with Gasteiger partial charge in [-0.05, 0) is 51.4 Å². The summed E-state index contributed by atoms with van der Waals surface area (Å²) >= 11 is 0. The molecule has 4 nitrogen and oxygen atoms in total. The van der Waals surface area contributed by atoms with Gasteiger partial charge in [0.05, 0.1) is 0 Å². The van der Waals surface area contributed by atoms with Crippen LogP contribution in [0.2, 0.25) is 0 Å². The third kappa shape index (κ3) is 2.52. The zero-order valence-corrected chi connectivity index (χ0v) is 11.9. The summed E-state index contributed by atoms with van der Waals surface area (Å²) in [6, 6.07) is 0.204. The third-order valence-electron chi connectivity index (χ3n) is 4.24. The molecule has 4 heteroatoms. The van der Waals surface area contributed by atoms with E-state index in [0.29, 0.717) is 5.96 Å². The Morgan fingerprint density at radius 1 is 1.22 bits per heavy atom. The Morgan fingerprint density at radius 2 is 1.83 bits per heavy atom. The summed E-state index contributed by atoms with van der Waals surface area (Å²) in [7, 11) is 0. The number of carbonyl (C=O) groups is 1. The van der Waals surface area contributed by atoms with Gasteiger partial charge in [0.25, 0.3) is 5.91 Å². The molecule has 1 heterocycles. The van der Waals surface area contributed by atoms with E-state index in [4.69, 9.17) is 0 Å². The second-order valence-electron chi connectivity index (χ2n) is 6.31. The molecule has 0 radical (unpaired) electrons. The number of hydrogen-bond acceptors (Lipinski definition) is 2. The average Bonchev–Trinajstić information content (AvgIpc) is 2.55. The summed E-state index contributed by atoms with van der Waals surface area (Å²) in [4.78, 5) is 16.6. The van der Waals surface area contributed by atoms with Gasteiger partial charge in [0.1, 0.15) is 5.54 Å². The van der Waals surface area contributed by atoms with E-state index >= 15 is 0 Å². The summed E-state index contributed by atoms with van der Waals surface area (Å²) in [6.07, 6.45) is 4.12. The summed E-state index contributed by atoms with van der Waals surface area (Å²) in [5, 5.41) is 6.23. The van der Waals surface area contributed by atoms with Gasteiger partial charge < -0.3 is 5.32 Å². The third-order valence-corrected chi connectivity index (χ3v) is 4.24. The number of hydrogen-bond donors (Lipinski definition) is 2. The van der Waals surface area contributed by atoms with Crippen molar-refractivity contribution in [3.63, 3.8) is 0 Å². The van der Waals surface area contributed by atoms with Crippen LogP contribution in [-0.2, 0) is 4.79 Å². The molecular formula is C14H25N3O. The molecule has 2 aliphatic rings. The van der Waals surface area contributed by atoms with Crippen molar-refractivity contribution in [3.8, 4) is 0 Å². The van der Waals surface area contributed by atoms with Crippen molar-refractivity contribution in [2.75, 3.05) is 0 Å². The Balaban J connectivity index is 2.04. The fourth-order valence-corrected chi connectivity index (χ4v) is 3.02. The number of rotatable bonds is 2. The predicted octanol–water partition coefficient (Wildman–Crippen LogP) is 2.06.